The molecule has 1 atom stereocenters. The van der Waals surface area contributed by atoms with Gasteiger partial charge in [0.1, 0.15) is 0 Å². The molecule has 0 radical (unpaired) electrons. The van der Waals surface area contributed by atoms with Gasteiger partial charge in [-0.2, -0.15) is 0 Å². The Morgan fingerprint density at radius 2 is 2.36 bits per heavy atom. The molecule has 0 spiro atoms. The average Bonchev–Trinajstić information content (AvgIpc) is 2.55. The number of aryl methyl sites for hydroxylation is 1. The predicted octanol–water partition coefficient (Wildman–Crippen LogP) is 3.55. The summed E-state index contributed by atoms with van der Waals surface area (Å²) in [5.41, 5.74) is 1.45. The lowest BCUT2D eigenvalue weighted by Gasteiger charge is -1.97. The van der Waals surface area contributed by atoms with E-state index in [0.29, 0.717) is 0 Å². The van der Waals surface area contributed by atoms with Crippen LogP contribution in [-0.2, 0) is 6.66 Å². The van der Waals surface area contributed by atoms with E-state index in [2.05, 4.69) is 42.8 Å². The Kier molecular flexibility index (Phi) is 1.71. The van der Waals surface area contributed by atoms with E-state index < -0.39 is 0 Å². The van der Waals surface area contributed by atoms with E-state index >= 15 is 0 Å². The Balaban J connectivity index is 2.43. The molecule has 1 unspecified atom stereocenters. The highest BCUT2D eigenvalue weighted by atomic mass is 31.1. The van der Waals surface area contributed by atoms with E-state index in [1.54, 1.807) is 0 Å². The largest absolute Gasteiger partial charge is 0.120 e. The fourth-order valence-electron chi connectivity index (χ4n) is 1.41. The average molecular weight is 162 g/mol. The summed E-state index contributed by atoms with van der Waals surface area (Å²) in [5.74, 6) is 2.30. The van der Waals surface area contributed by atoms with Gasteiger partial charge in [-0.15, -0.1) is 7.53 Å². The smallest absolute Gasteiger partial charge is 0.000573 e. The van der Waals surface area contributed by atoms with Crippen LogP contribution < -0.4 is 0 Å². The van der Waals surface area contributed by atoms with Crippen LogP contribution in [-0.4, -0.2) is 0 Å². The van der Waals surface area contributed by atoms with Gasteiger partial charge < -0.3 is 0 Å². The predicted molar refractivity (Wildman–Crippen MR) is 51.9 cm³/mol. The molecular weight excluding hydrogens is 151 g/mol. The van der Waals surface area contributed by atoms with Gasteiger partial charge in [0, 0.05) is 5.30 Å². The van der Waals surface area contributed by atoms with Crippen LogP contribution in [0.25, 0.3) is 5.57 Å². The molecule has 0 aliphatic heterocycles. The molecule has 1 heterocycles. The van der Waals surface area contributed by atoms with Crippen molar-refractivity contribution in [2.24, 2.45) is 6.66 Å². The summed E-state index contributed by atoms with van der Waals surface area (Å²) in [6.45, 7) is 2.30. The Morgan fingerprint density at radius 3 is 2.91 bits per heavy atom. The zero-order valence-electron chi connectivity index (χ0n) is 6.62. The fraction of sp³-hybridized carbons (Fsp3) is 0.200. The molecule has 1 aliphatic carbocycles. The lowest BCUT2D eigenvalue weighted by molar-refractivity contribution is 1.45. The number of allylic oxidation sites excluding steroid dienone is 4. The van der Waals surface area contributed by atoms with E-state index in [1.807, 2.05) is 0 Å². The van der Waals surface area contributed by atoms with Crippen LogP contribution in [0.5, 0.6) is 0 Å². The molecular formula is C10H11P. The molecule has 0 bridgehead atoms. The van der Waals surface area contributed by atoms with Crippen LogP contribution in [0.1, 0.15) is 11.7 Å². The second-order valence-corrected chi connectivity index (χ2v) is 4.80. The molecule has 0 amide bonds. The maximum atomic E-state index is 2.30. The van der Waals surface area contributed by atoms with Crippen molar-refractivity contribution in [3.63, 3.8) is 0 Å². The third kappa shape index (κ3) is 1.19. The third-order valence-corrected chi connectivity index (χ3v) is 3.80. The summed E-state index contributed by atoms with van der Waals surface area (Å²) in [4.78, 5) is 0. The van der Waals surface area contributed by atoms with E-state index in [9.17, 15) is 0 Å². The summed E-state index contributed by atoms with van der Waals surface area (Å²) in [6.07, 6.45) is 7.88. The molecule has 1 aromatic heterocycles. The molecule has 0 aromatic carbocycles. The van der Waals surface area contributed by atoms with Gasteiger partial charge >= 0.3 is 0 Å². The molecule has 1 heteroatoms. The maximum absolute atomic E-state index is 2.30. The second kappa shape index (κ2) is 2.71. The standard InChI is InChI=1S/C10H11P/c1-11-8-4-7-10(11)9-5-2-3-6-9/h2,4-8H,3H2,1H3. The molecule has 0 saturated carbocycles. The van der Waals surface area contributed by atoms with Crippen LogP contribution in [0.4, 0.5) is 0 Å². The first kappa shape index (κ1) is 6.94. The molecule has 1 aromatic rings. The molecule has 0 saturated heterocycles. The Morgan fingerprint density at radius 1 is 1.45 bits per heavy atom. The molecule has 0 nitrogen and oxygen atoms in total. The van der Waals surface area contributed by atoms with Crippen molar-refractivity contribution >= 4 is 13.1 Å². The fourth-order valence-corrected chi connectivity index (χ4v) is 2.81. The van der Waals surface area contributed by atoms with Gasteiger partial charge in [0.2, 0.25) is 0 Å². The summed E-state index contributed by atoms with van der Waals surface area (Å²) < 4.78 is 0. The molecule has 1 aliphatic rings. The molecule has 56 valence electrons. The maximum Gasteiger partial charge on any atom is 0.000573 e. The first-order chi connectivity index (χ1) is 5.38. The normalized spacial score (nSPS) is 17.2. The highest BCUT2D eigenvalue weighted by Crippen LogP contribution is 2.37. The minimum absolute atomic E-state index is 0.0215. The zero-order valence-corrected chi connectivity index (χ0v) is 7.51. The summed E-state index contributed by atoms with van der Waals surface area (Å²) in [6, 6.07) is 4.42. The first-order valence-corrected chi connectivity index (χ1v) is 5.72. The van der Waals surface area contributed by atoms with E-state index in [0.717, 1.165) is 6.42 Å². The SMILES string of the molecule is Cp1cccc1C1=CCC=C1. The van der Waals surface area contributed by atoms with Crippen LogP contribution in [0.2, 0.25) is 0 Å². The van der Waals surface area contributed by atoms with Gasteiger partial charge in [0.15, 0.2) is 0 Å². The monoisotopic (exact) mass is 162 g/mol. The third-order valence-electron chi connectivity index (χ3n) is 2.01. The van der Waals surface area contributed by atoms with Gasteiger partial charge in [0.05, 0.1) is 0 Å². The number of hydrogen-bond acceptors (Lipinski definition) is 0. The quantitative estimate of drug-likeness (QED) is 0.592. The van der Waals surface area contributed by atoms with Crippen molar-refractivity contribution in [2.75, 3.05) is 0 Å². The summed E-state index contributed by atoms with van der Waals surface area (Å²) >= 11 is 0. The van der Waals surface area contributed by atoms with Crippen molar-refractivity contribution in [1.82, 2.24) is 0 Å². The Bertz CT molecular complexity index is 315. The lowest BCUT2D eigenvalue weighted by Crippen LogP contribution is -1.68. The summed E-state index contributed by atoms with van der Waals surface area (Å²) in [7, 11) is 0.0215. The van der Waals surface area contributed by atoms with Crippen LogP contribution in [0.3, 0.4) is 0 Å². The van der Waals surface area contributed by atoms with E-state index in [4.69, 9.17) is 0 Å². The van der Waals surface area contributed by atoms with E-state index in [1.165, 1.54) is 10.9 Å². The molecule has 0 fully saturated rings. The Labute approximate surface area is 68.3 Å². The highest BCUT2D eigenvalue weighted by Gasteiger charge is 2.03. The topological polar surface area (TPSA) is 0 Å². The number of hydrogen-bond donors (Lipinski definition) is 0. The minimum Gasteiger partial charge on any atom is -0.120 e. The van der Waals surface area contributed by atoms with Crippen molar-refractivity contribution in [3.05, 3.63) is 41.5 Å². The van der Waals surface area contributed by atoms with Crippen LogP contribution in [0, 0.1) is 0 Å². The van der Waals surface area contributed by atoms with Gasteiger partial charge in [-0.25, -0.2) is 0 Å². The van der Waals surface area contributed by atoms with E-state index in [-0.39, 0.29) is 7.53 Å². The summed E-state index contributed by atoms with van der Waals surface area (Å²) in [5, 5.41) is 1.54. The minimum atomic E-state index is 0.0215. The van der Waals surface area contributed by atoms with Gasteiger partial charge in [0.25, 0.3) is 0 Å². The molecule has 0 N–H and O–H groups in total. The molecule has 11 heavy (non-hydrogen) atoms. The van der Waals surface area contributed by atoms with Gasteiger partial charge in [-0.1, -0.05) is 30.4 Å². The van der Waals surface area contributed by atoms with Crippen LogP contribution >= 0.6 is 7.53 Å². The van der Waals surface area contributed by atoms with Crippen molar-refractivity contribution in [1.29, 1.82) is 0 Å². The molecule has 2 rings (SSSR count). The van der Waals surface area contributed by atoms with Gasteiger partial charge in [-0.05, 0) is 24.5 Å². The first-order valence-electron chi connectivity index (χ1n) is 3.86. The van der Waals surface area contributed by atoms with Crippen molar-refractivity contribution < 1.29 is 0 Å². The van der Waals surface area contributed by atoms with Gasteiger partial charge in [-0.3, -0.25) is 0 Å². The van der Waals surface area contributed by atoms with Crippen LogP contribution in [0.15, 0.2) is 36.2 Å². The second-order valence-electron chi connectivity index (χ2n) is 2.80. The van der Waals surface area contributed by atoms with Crippen molar-refractivity contribution in [3.8, 4) is 0 Å². The van der Waals surface area contributed by atoms with Crippen molar-refractivity contribution in [2.45, 2.75) is 6.42 Å². The lowest BCUT2D eigenvalue weighted by atomic mass is 10.2. The number of rotatable bonds is 1. The Hall–Kier alpha value is -0.740. The highest BCUT2D eigenvalue weighted by molar-refractivity contribution is 7.48. The zero-order chi connectivity index (χ0) is 7.68.